The molecule has 18 heavy (non-hydrogen) atoms. The van der Waals surface area contributed by atoms with Crippen LogP contribution in [0.3, 0.4) is 0 Å². The van der Waals surface area contributed by atoms with Gasteiger partial charge in [0.1, 0.15) is 0 Å². The minimum atomic E-state index is -0.655. The molecule has 2 fully saturated rings. The number of fused-ring (bicyclic) bond motifs is 1. The molecule has 0 bridgehead atoms. The van der Waals surface area contributed by atoms with Crippen molar-refractivity contribution in [1.82, 2.24) is 4.90 Å². The third-order valence-corrected chi connectivity index (χ3v) is 4.74. The molecule has 0 aromatic rings. The van der Waals surface area contributed by atoms with Gasteiger partial charge < -0.3 is 10.0 Å². The van der Waals surface area contributed by atoms with Gasteiger partial charge in [-0.3, -0.25) is 4.79 Å². The fourth-order valence-corrected chi connectivity index (χ4v) is 3.67. The molecule has 1 N–H and O–H groups in total. The fraction of sp³-hybridized carbons (Fsp3) is 0.933. The summed E-state index contributed by atoms with van der Waals surface area (Å²) in [5, 5.41) is 8.58. The predicted octanol–water partition coefficient (Wildman–Crippen LogP) is 3.14. The maximum Gasteiger partial charge on any atom is 0.303 e. The van der Waals surface area contributed by atoms with Gasteiger partial charge in [0.25, 0.3) is 0 Å². The monoisotopic (exact) mass is 253 g/mol. The van der Waals surface area contributed by atoms with Crippen molar-refractivity contribution < 1.29 is 9.90 Å². The van der Waals surface area contributed by atoms with Crippen LogP contribution >= 0.6 is 0 Å². The van der Waals surface area contributed by atoms with E-state index in [2.05, 4.69) is 4.90 Å². The van der Waals surface area contributed by atoms with E-state index in [9.17, 15) is 4.79 Å². The molecule has 1 saturated carbocycles. The number of aliphatic carboxylic acids is 1. The van der Waals surface area contributed by atoms with Gasteiger partial charge in [0, 0.05) is 13.0 Å². The molecule has 2 aliphatic rings. The SMILES string of the molecule is O=C(O)CCCCCN1CCC2CCCCC2C1. The molecule has 3 nitrogen and oxygen atoms in total. The highest BCUT2D eigenvalue weighted by atomic mass is 16.4. The number of carbonyl (C=O) groups is 1. The molecule has 0 spiro atoms. The number of hydrogen-bond donors (Lipinski definition) is 1. The van der Waals surface area contributed by atoms with Crippen LogP contribution in [-0.4, -0.2) is 35.6 Å². The minimum absolute atomic E-state index is 0.338. The smallest absolute Gasteiger partial charge is 0.303 e. The van der Waals surface area contributed by atoms with Crippen molar-refractivity contribution in [3.8, 4) is 0 Å². The third kappa shape index (κ3) is 4.27. The van der Waals surface area contributed by atoms with Crippen molar-refractivity contribution in [3.63, 3.8) is 0 Å². The Bertz CT molecular complexity index is 267. The molecule has 104 valence electrons. The highest BCUT2D eigenvalue weighted by Gasteiger charge is 2.30. The lowest BCUT2D eigenvalue weighted by molar-refractivity contribution is -0.137. The predicted molar refractivity (Wildman–Crippen MR) is 72.6 cm³/mol. The van der Waals surface area contributed by atoms with Gasteiger partial charge in [-0.1, -0.05) is 25.7 Å². The molecule has 1 saturated heterocycles. The van der Waals surface area contributed by atoms with Crippen molar-refractivity contribution in [3.05, 3.63) is 0 Å². The fourth-order valence-electron chi connectivity index (χ4n) is 3.67. The molecule has 1 aliphatic heterocycles. The Morgan fingerprint density at radius 2 is 1.83 bits per heavy atom. The Labute approximate surface area is 111 Å². The van der Waals surface area contributed by atoms with E-state index in [4.69, 9.17) is 5.11 Å². The Hall–Kier alpha value is -0.570. The van der Waals surface area contributed by atoms with Crippen molar-refractivity contribution in [2.75, 3.05) is 19.6 Å². The zero-order chi connectivity index (χ0) is 12.8. The summed E-state index contributed by atoms with van der Waals surface area (Å²) >= 11 is 0. The Kier molecular flexibility index (Phi) is 5.48. The number of likely N-dealkylation sites (tertiary alicyclic amines) is 1. The molecule has 2 unspecified atom stereocenters. The number of piperidine rings is 1. The van der Waals surface area contributed by atoms with Crippen LogP contribution in [0.5, 0.6) is 0 Å². The average Bonchev–Trinajstić information content (AvgIpc) is 2.38. The number of hydrogen-bond acceptors (Lipinski definition) is 2. The Balaban J connectivity index is 1.58. The molecule has 0 radical (unpaired) electrons. The van der Waals surface area contributed by atoms with Gasteiger partial charge in [0.15, 0.2) is 0 Å². The van der Waals surface area contributed by atoms with Crippen molar-refractivity contribution >= 4 is 5.97 Å². The molecular weight excluding hydrogens is 226 g/mol. The molecule has 0 aromatic heterocycles. The van der Waals surface area contributed by atoms with Crippen molar-refractivity contribution in [2.24, 2.45) is 11.8 Å². The maximum atomic E-state index is 10.4. The maximum absolute atomic E-state index is 10.4. The van der Waals surface area contributed by atoms with Crippen molar-refractivity contribution in [1.29, 1.82) is 0 Å². The van der Waals surface area contributed by atoms with Gasteiger partial charge in [-0.15, -0.1) is 0 Å². The lowest BCUT2D eigenvalue weighted by Gasteiger charge is -2.41. The zero-order valence-corrected chi connectivity index (χ0v) is 11.4. The number of unbranched alkanes of at least 4 members (excludes halogenated alkanes) is 2. The van der Waals surface area contributed by atoms with E-state index in [0.29, 0.717) is 6.42 Å². The van der Waals surface area contributed by atoms with Crippen LogP contribution < -0.4 is 0 Å². The minimum Gasteiger partial charge on any atom is -0.481 e. The molecule has 2 atom stereocenters. The topological polar surface area (TPSA) is 40.5 Å². The zero-order valence-electron chi connectivity index (χ0n) is 11.4. The van der Waals surface area contributed by atoms with Gasteiger partial charge in [-0.25, -0.2) is 0 Å². The lowest BCUT2D eigenvalue weighted by Crippen LogP contribution is -2.42. The first kappa shape index (κ1) is 13.9. The summed E-state index contributed by atoms with van der Waals surface area (Å²) in [6, 6.07) is 0. The van der Waals surface area contributed by atoms with E-state index in [1.54, 1.807) is 0 Å². The Morgan fingerprint density at radius 1 is 1.06 bits per heavy atom. The molecule has 1 aliphatic carbocycles. The highest BCUT2D eigenvalue weighted by Crippen LogP contribution is 2.35. The number of carboxylic acids is 1. The van der Waals surface area contributed by atoms with Crippen LogP contribution in [0.25, 0.3) is 0 Å². The highest BCUT2D eigenvalue weighted by molar-refractivity contribution is 5.66. The largest absolute Gasteiger partial charge is 0.481 e. The summed E-state index contributed by atoms with van der Waals surface area (Å²) in [6.07, 6.45) is 10.6. The summed E-state index contributed by atoms with van der Waals surface area (Å²) in [5.74, 6) is 1.33. The van der Waals surface area contributed by atoms with Gasteiger partial charge in [-0.2, -0.15) is 0 Å². The van der Waals surface area contributed by atoms with Crippen LogP contribution in [0.2, 0.25) is 0 Å². The van der Waals surface area contributed by atoms with Crippen LogP contribution in [0.4, 0.5) is 0 Å². The van der Waals surface area contributed by atoms with Gasteiger partial charge in [0.05, 0.1) is 0 Å². The van der Waals surface area contributed by atoms with E-state index < -0.39 is 5.97 Å². The quantitative estimate of drug-likeness (QED) is 0.739. The molecular formula is C15H27NO2. The van der Waals surface area contributed by atoms with Crippen LogP contribution in [0.1, 0.15) is 57.8 Å². The molecule has 3 heteroatoms. The third-order valence-electron chi connectivity index (χ3n) is 4.74. The summed E-state index contributed by atoms with van der Waals surface area (Å²) in [4.78, 5) is 13.0. The van der Waals surface area contributed by atoms with E-state index >= 15 is 0 Å². The summed E-state index contributed by atoms with van der Waals surface area (Å²) < 4.78 is 0. The number of carboxylic acid groups (broad SMARTS) is 1. The summed E-state index contributed by atoms with van der Waals surface area (Å²) in [6.45, 7) is 3.77. The van der Waals surface area contributed by atoms with Gasteiger partial charge in [0.2, 0.25) is 0 Å². The normalized spacial score (nSPS) is 28.9. The molecule has 1 heterocycles. The first-order valence-corrected chi connectivity index (χ1v) is 7.70. The Morgan fingerprint density at radius 3 is 2.61 bits per heavy atom. The van der Waals surface area contributed by atoms with Gasteiger partial charge >= 0.3 is 5.97 Å². The van der Waals surface area contributed by atoms with E-state index in [1.165, 1.54) is 58.2 Å². The second-order valence-corrected chi connectivity index (χ2v) is 6.10. The molecule has 0 aromatic carbocycles. The first-order chi connectivity index (χ1) is 8.75. The van der Waals surface area contributed by atoms with E-state index in [-0.39, 0.29) is 0 Å². The van der Waals surface area contributed by atoms with Crippen LogP contribution in [-0.2, 0) is 4.79 Å². The van der Waals surface area contributed by atoms with Crippen LogP contribution in [0, 0.1) is 11.8 Å². The number of rotatable bonds is 6. The van der Waals surface area contributed by atoms with Crippen LogP contribution in [0.15, 0.2) is 0 Å². The first-order valence-electron chi connectivity index (χ1n) is 7.70. The van der Waals surface area contributed by atoms with E-state index in [0.717, 1.165) is 24.7 Å². The van der Waals surface area contributed by atoms with Gasteiger partial charge in [-0.05, 0) is 50.6 Å². The van der Waals surface area contributed by atoms with Crippen molar-refractivity contribution in [2.45, 2.75) is 57.8 Å². The second-order valence-electron chi connectivity index (χ2n) is 6.10. The number of nitrogens with zero attached hydrogens (tertiary/aromatic N) is 1. The second kappa shape index (κ2) is 7.13. The summed E-state index contributed by atoms with van der Waals surface area (Å²) in [5.41, 5.74) is 0. The summed E-state index contributed by atoms with van der Waals surface area (Å²) in [7, 11) is 0. The lowest BCUT2D eigenvalue weighted by atomic mass is 9.75. The molecule has 0 amide bonds. The average molecular weight is 253 g/mol. The standard InChI is InChI=1S/C15H27NO2/c17-15(18)8-2-1-5-10-16-11-9-13-6-3-4-7-14(13)12-16/h13-14H,1-12H2,(H,17,18). The molecule has 2 rings (SSSR count). The van der Waals surface area contributed by atoms with E-state index in [1.807, 2.05) is 0 Å².